The molecule has 1 spiro atoms. The minimum absolute atomic E-state index is 0.0565. The van der Waals surface area contributed by atoms with Crippen LogP contribution in [-0.4, -0.2) is 44.4 Å². The molecule has 3 atom stereocenters. The Morgan fingerprint density at radius 1 is 1.14 bits per heavy atom. The van der Waals surface area contributed by atoms with Gasteiger partial charge in [0, 0.05) is 24.7 Å². The molecule has 4 nitrogen and oxygen atoms in total. The fraction of sp³-hybridized carbons (Fsp3) is 0.583. The maximum absolute atomic E-state index is 6.60. The first-order chi connectivity index (χ1) is 13.8. The monoisotopic (exact) mass is 379 g/mol. The molecule has 2 aliphatic heterocycles. The molecule has 5 aliphatic rings. The maximum Gasteiger partial charge on any atom is 0.169 e. The molecule has 6 rings (SSSR count). The smallest absolute Gasteiger partial charge is 0.169 e. The van der Waals surface area contributed by atoms with E-state index >= 15 is 0 Å². The summed E-state index contributed by atoms with van der Waals surface area (Å²) < 4.78 is 18.1. The van der Waals surface area contributed by atoms with Crippen molar-refractivity contribution in [3.05, 3.63) is 46.7 Å². The van der Waals surface area contributed by atoms with Crippen LogP contribution in [0.4, 0.5) is 0 Å². The van der Waals surface area contributed by atoms with Gasteiger partial charge in [-0.3, -0.25) is 4.90 Å². The van der Waals surface area contributed by atoms with Gasteiger partial charge in [0.2, 0.25) is 0 Å². The molecule has 1 saturated carbocycles. The Balaban J connectivity index is 1.49. The van der Waals surface area contributed by atoms with Crippen molar-refractivity contribution in [2.75, 3.05) is 27.3 Å². The molecule has 3 aliphatic carbocycles. The van der Waals surface area contributed by atoms with Gasteiger partial charge in [-0.1, -0.05) is 25.0 Å². The van der Waals surface area contributed by atoms with Crippen LogP contribution in [0.1, 0.15) is 43.2 Å². The Hall–Kier alpha value is -1.94. The van der Waals surface area contributed by atoms with Crippen LogP contribution >= 0.6 is 0 Å². The average molecular weight is 380 g/mol. The summed E-state index contributed by atoms with van der Waals surface area (Å²) in [5.41, 5.74) is 4.28. The minimum atomic E-state index is -0.0750. The lowest BCUT2D eigenvalue weighted by atomic mass is 9.57. The number of nitrogens with zero attached hydrogens (tertiary/aromatic N) is 1. The average Bonchev–Trinajstić information content (AvgIpc) is 3.35. The van der Waals surface area contributed by atoms with Crippen LogP contribution in [0.15, 0.2) is 35.6 Å². The van der Waals surface area contributed by atoms with E-state index in [1.807, 2.05) is 0 Å². The predicted molar refractivity (Wildman–Crippen MR) is 108 cm³/mol. The number of methoxy groups -OCH3 is 2. The second-order valence-corrected chi connectivity index (χ2v) is 9.11. The summed E-state index contributed by atoms with van der Waals surface area (Å²) in [6.45, 7) is 2.40. The van der Waals surface area contributed by atoms with E-state index in [9.17, 15) is 0 Å². The summed E-state index contributed by atoms with van der Waals surface area (Å²) in [5.74, 6) is 3.62. The van der Waals surface area contributed by atoms with E-state index in [2.05, 4.69) is 29.2 Å². The highest BCUT2D eigenvalue weighted by Gasteiger charge is 2.62. The molecular weight excluding hydrogens is 350 g/mol. The van der Waals surface area contributed by atoms with E-state index in [4.69, 9.17) is 14.2 Å². The molecular formula is C24H29NO3. The van der Waals surface area contributed by atoms with Crippen molar-refractivity contribution in [1.82, 2.24) is 4.90 Å². The number of hydrogen-bond donors (Lipinski definition) is 0. The highest BCUT2D eigenvalue weighted by Crippen LogP contribution is 2.62. The minimum Gasteiger partial charge on any atom is -0.497 e. The zero-order valence-electron chi connectivity index (χ0n) is 16.9. The molecule has 28 heavy (non-hydrogen) atoms. The van der Waals surface area contributed by atoms with E-state index in [1.54, 1.807) is 19.8 Å². The molecule has 1 aromatic carbocycles. The lowest BCUT2D eigenvalue weighted by Gasteiger charge is -2.54. The fourth-order valence-corrected chi connectivity index (χ4v) is 6.74. The number of piperidine rings is 1. The molecule has 4 heteroatoms. The summed E-state index contributed by atoms with van der Waals surface area (Å²) in [7, 11) is 3.50. The van der Waals surface area contributed by atoms with Gasteiger partial charge >= 0.3 is 0 Å². The summed E-state index contributed by atoms with van der Waals surface area (Å²) in [6, 6.07) is 4.85. The van der Waals surface area contributed by atoms with Gasteiger partial charge < -0.3 is 14.2 Å². The Kier molecular flexibility index (Phi) is 3.65. The molecule has 2 heterocycles. The zero-order chi connectivity index (χ0) is 18.9. The molecule has 2 fully saturated rings. The highest BCUT2D eigenvalue weighted by molar-refractivity contribution is 5.67. The number of hydrogen-bond acceptors (Lipinski definition) is 4. The first-order valence-corrected chi connectivity index (χ1v) is 10.8. The van der Waals surface area contributed by atoms with E-state index in [0.29, 0.717) is 6.04 Å². The van der Waals surface area contributed by atoms with E-state index < -0.39 is 0 Å². The number of rotatable bonds is 4. The fourth-order valence-electron chi connectivity index (χ4n) is 6.74. The van der Waals surface area contributed by atoms with Crippen LogP contribution in [0.25, 0.3) is 0 Å². The molecule has 0 aromatic heterocycles. The quantitative estimate of drug-likeness (QED) is 0.792. The van der Waals surface area contributed by atoms with Crippen molar-refractivity contribution in [2.45, 2.75) is 56.1 Å². The predicted octanol–water partition coefficient (Wildman–Crippen LogP) is 3.98. The lowest BCUT2D eigenvalue weighted by molar-refractivity contribution is 0.0581. The van der Waals surface area contributed by atoms with Crippen LogP contribution in [0, 0.1) is 5.92 Å². The number of ether oxygens (including phenoxy) is 3. The molecule has 1 aromatic rings. The molecule has 0 N–H and O–H groups in total. The van der Waals surface area contributed by atoms with Gasteiger partial charge in [0.1, 0.15) is 5.76 Å². The van der Waals surface area contributed by atoms with Crippen molar-refractivity contribution in [1.29, 1.82) is 0 Å². The van der Waals surface area contributed by atoms with Gasteiger partial charge in [0.25, 0.3) is 0 Å². The van der Waals surface area contributed by atoms with Gasteiger partial charge in [0.15, 0.2) is 17.6 Å². The third-order valence-corrected chi connectivity index (χ3v) is 7.97. The van der Waals surface area contributed by atoms with Crippen molar-refractivity contribution in [2.24, 2.45) is 5.92 Å². The number of likely N-dealkylation sites (tertiary alicyclic amines) is 1. The van der Waals surface area contributed by atoms with Crippen LogP contribution in [0.5, 0.6) is 11.5 Å². The lowest BCUT2D eigenvalue weighted by Crippen LogP contribution is -2.60. The maximum atomic E-state index is 6.60. The second kappa shape index (κ2) is 6.03. The second-order valence-electron chi connectivity index (χ2n) is 9.11. The SMILES string of the molecule is COC1=CC=C2[C@H]3Cc4ccc(OC)c5c4[C@@]2(CCN3CC2CCCC2)[C@H]1O5. The zero-order valence-corrected chi connectivity index (χ0v) is 16.9. The van der Waals surface area contributed by atoms with Gasteiger partial charge in [-0.05, 0) is 54.9 Å². The molecule has 2 bridgehead atoms. The van der Waals surface area contributed by atoms with Crippen molar-refractivity contribution in [3.8, 4) is 11.5 Å². The van der Waals surface area contributed by atoms with E-state index in [-0.39, 0.29) is 11.5 Å². The standard InChI is InChI=1S/C24H29NO3/c1-26-19-9-7-16-13-18-17-8-10-20(27-2)23-24(17,21(16)22(19)28-23)11-12-25(18)14-15-5-3-4-6-15/h7-10,15,18,23H,3-6,11-14H2,1-2H3/t18-,23+,24+/m1/s1. The topological polar surface area (TPSA) is 30.9 Å². The third kappa shape index (κ3) is 2.05. The molecule has 0 radical (unpaired) electrons. The molecule has 1 saturated heterocycles. The van der Waals surface area contributed by atoms with Crippen LogP contribution < -0.4 is 9.47 Å². The third-order valence-electron chi connectivity index (χ3n) is 7.97. The normalized spacial score (nSPS) is 33.1. The summed E-state index contributed by atoms with van der Waals surface area (Å²) >= 11 is 0. The summed E-state index contributed by atoms with van der Waals surface area (Å²) in [5, 5.41) is 0. The summed E-state index contributed by atoms with van der Waals surface area (Å²) in [4.78, 5) is 2.78. The Morgan fingerprint density at radius 2 is 2.00 bits per heavy atom. The first kappa shape index (κ1) is 17.0. The summed E-state index contributed by atoms with van der Waals surface area (Å²) in [6.07, 6.45) is 12.3. The Morgan fingerprint density at radius 3 is 2.79 bits per heavy atom. The van der Waals surface area contributed by atoms with Crippen molar-refractivity contribution < 1.29 is 14.2 Å². The molecule has 0 amide bonds. The Bertz CT molecular complexity index is 882. The van der Waals surface area contributed by atoms with Crippen LogP contribution in [0.2, 0.25) is 0 Å². The van der Waals surface area contributed by atoms with Crippen LogP contribution in [-0.2, 0) is 16.6 Å². The largest absolute Gasteiger partial charge is 0.497 e. The van der Waals surface area contributed by atoms with Gasteiger partial charge in [-0.2, -0.15) is 0 Å². The van der Waals surface area contributed by atoms with E-state index in [0.717, 1.165) is 42.6 Å². The van der Waals surface area contributed by atoms with Crippen molar-refractivity contribution >= 4 is 0 Å². The number of allylic oxidation sites excluding steroid dienone is 2. The molecule has 0 unspecified atom stereocenters. The van der Waals surface area contributed by atoms with Gasteiger partial charge in [-0.15, -0.1) is 0 Å². The van der Waals surface area contributed by atoms with E-state index in [1.165, 1.54) is 43.4 Å². The number of benzene rings is 1. The highest BCUT2D eigenvalue weighted by atomic mass is 16.6. The van der Waals surface area contributed by atoms with Gasteiger partial charge in [-0.25, -0.2) is 0 Å². The van der Waals surface area contributed by atoms with Crippen molar-refractivity contribution in [3.63, 3.8) is 0 Å². The Labute approximate surface area is 167 Å². The first-order valence-electron chi connectivity index (χ1n) is 10.8. The molecule has 148 valence electrons. The van der Waals surface area contributed by atoms with Gasteiger partial charge in [0.05, 0.1) is 19.6 Å². The van der Waals surface area contributed by atoms with Crippen LogP contribution in [0.3, 0.4) is 0 Å².